The second kappa shape index (κ2) is 6.92. The molecule has 1 aliphatic rings. The Balaban J connectivity index is 0.00000162. The minimum absolute atomic E-state index is 0. The number of carbonyl (C=O) groups is 1. The zero-order valence-corrected chi connectivity index (χ0v) is 11.8. The van der Waals surface area contributed by atoms with Crippen LogP contribution in [-0.2, 0) is 0 Å². The molecule has 0 bridgehead atoms. The van der Waals surface area contributed by atoms with Gasteiger partial charge in [-0.05, 0) is 43.5 Å². The molecule has 4 nitrogen and oxygen atoms in total. The van der Waals surface area contributed by atoms with Crippen LogP contribution in [-0.4, -0.2) is 31.0 Å². The van der Waals surface area contributed by atoms with Gasteiger partial charge < -0.3 is 10.6 Å². The van der Waals surface area contributed by atoms with E-state index in [1.807, 2.05) is 6.07 Å². The number of amides is 1. The lowest BCUT2D eigenvalue weighted by molar-refractivity contribution is 0.0958. The Morgan fingerprint density at radius 3 is 2.67 bits per heavy atom. The summed E-state index contributed by atoms with van der Waals surface area (Å²) in [6.07, 6.45) is 2.14. The summed E-state index contributed by atoms with van der Waals surface area (Å²) in [5, 5.41) is 6.31. The lowest BCUT2D eigenvalue weighted by atomic mass is 9.91. The van der Waals surface area contributed by atoms with E-state index >= 15 is 0 Å². The van der Waals surface area contributed by atoms with Gasteiger partial charge in [0, 0.05) is 7.05 Å². The van der Waals surface area contributed by atoms with Crippen molar-refractivity contribution in [2.45, 2.75) is 18.8 Å². The maximum absolute atomic E-state index is 11.4. The number of rotatable bonds is 2. The maximum Gasteiger partial charge on any atom is 0.269 e. The van der Waals surface area contributed by atoms with E-state index in [-0.39, 0.29) is 18.3 Å². The largest absolute Gasteiger partial charge is 0.354 e. The number of halogens is 2. The minimum atomic E-state index is -0.205. The maximum atomic E-state index is 11.4. The average molecular weight is 290 g/mol. The summed E-state index contributed by atoms with van der Waals surface area (Å²) in [6, 6.07) is 3.66. The van der Waals surface area contributed by atoms with Crippen LogP contribution in [0.15, 0.2) is 12.1 Å². The standard InChI is InChI=1S/C12H16ClN3O.ClH/c1-14-12(17)10-3-2-9(11(13)16-10)8-4-6-15-7-5-8;/h2-3,8,15H,4-7H2,1H3,(H,14,17);1H. The fourth-order valence-corrected chi connectivity index (χ4v) is 2.45. The third-order valence-corrected chi connectivity index (χ3v) is 3.42. The Kier molecular flexibility index (Phi) is 5.85. The summed E-state index contributed by atoms with van der Waals surface area (Å²) < 4.78 is 0. The molecule has 2 rings (SSSR count). The number of nitrogens with zero attached hydrogens (tertiary/aromatic N) is 1. The number of pyridine rings is 1. The summed E-state index contributed by atoms with van der Waals surface area (Å²) in [5.41, 5.74) is 1.43. The van der Waals surface area contributed by atoms with Gasteiger partial charge in [0.15, 0.2) is 0 Å². The molecule has 0 radical (unpaired) electrons. The van der Waals surface area contributed by atoms with Crippen molar-refractivity contribution in [3.8, 4) is 0 Å². The van der Waals surface area contributed by atoms with Crippen molar-refractivity contribution in [1.82, 2.24) is 15.6 Å². The third-order valence-electron chi connectivity index (χ3n) is 3.12. The summed E-state index contributed by atoms with van der Waals surface area (Å²) in [7, 11) is 1.58. The Hall–Kier alpha value is -0.840. The van der Waals surface area contributed by atoms with Crippen molar-refractivity contribution in [1.29, 1.82) is 0 Å². The number of piperidine rings is 1. The fourth-order valence-electron chi connectivity index (χ4n) is 2.14. The second-order valence-corrected chi connectivity index (χ2v) is 4.54. The molecule has 0 aromatic carbocycles. The van der Waals surface area contributed by atoms with E-state index in [1.165, 1.54) is 0 Å². The molecule has 0 saturated carbocycles. The Bertz CT molecular complexity index is 420. The van der Waals surface area contributed by atoms with Crippen LogP contribution in [0.4, 0.5) is 0 Å². The van der Waals surface area contributed by atoms with E-state index in [4.69, 9.17) is 11.6 Å². The van der Waals surface area contributed by atoms with Crippen molar-refractivity contribution >= 4 is 29.9 Å². The van der Waals surface area contributed by atoms with Crippen molar-refractivity contribution in [3.05, 3.63) is 28.5 Å². The smallest absolute Gasteiger partial charge is 0.269 e. The molecule has 18 heavy (non-hydrogen) atoms. The highest BCUT2D eigenvalue weighted by atomic mass is 35.5. The molecule has 0 aliphatic carbocycles. The summed E-state index contributed by atoms with van der Waals surface area (Å²) in [4.78, 5) is 15.6. The van der Waals surface area contributed by atoms with E-state index in [9.17, 15) is 4.79 Å². The summed E-state index contributed by atoms with van der Waals surface area (Å²) in [5.74, 6) is 0.249. The number of nitrogens with one attached hydrogen (secondary N) is 2. The van der Waals surface area contributed by atoms with Crippen LogP contribution < -0.4 is 10.6 Å². The van der Waals surface area contributed by atoms with E-state index in [2.05, 4.69) is 15.6 Å². The number of hydrogen-bond donors (Lipinski definition) is 2. The van der Waals surface area contributed by atoms with Gasteiger partial charge in [-0.2, -0.15) is 0 Å². The highest BCUT2D eigenvalue weighted by molar-refractivity contribution is 6.30. The fraction of sp³-hybridized carbons (Fsp3) is 0.500. The molecular weight excluding hydrogens is 273 g/mol. The van der Waals surface area contributed by atoms with Gasteiger partial charge in [0.2, 0.25) is 0 Å². The molecule has 2 N–H and O–H groups in total. The van der Waals surface area contributed by atoms with Gasteiger partial charge in [0.1, 0.15) is 10.8 Å². The first-order valence-corrected chi connectivity index (χ1v) is 6.19. The van der Waals surface area contributed by atoms with Gasteiger partial charge in [-0.15, -0.1) is 12.4 Å². The lowest BCUT2D eigenvalue weighted by Crippen LogP contribution is -2.27. The molecular formula is C12H17Cl2N3O. The molecule has 0 spiro atoms. The lowest BCUT2D eigenvalue weighted by Gasteiger charge is -2.23. The van der Waals surface area contributed by atoms with E-state index in [0.717, 1.165) is 31.5 Å². The van der Waals surface area contributed by atoms with Crippen LogP contribution in [0.2, 0.25) is 5.15 Å². The minimum Gasteiger partial charge on any atom is -0.354 e. The Morgan fingerprint density at radius 2 is 2.11 bits per heavy atom. The van der Waals surface area contributed by atoms with Crippen LogP contribution in [0.3, 0.4) is 0 Å². The highest BCUT2D eigenvalue weighted by Crippen LogP contribution is 2.29. The van der Waals surface area contributed by atoms with E-state index in [1.54, 1.807) is 13.1 Å². The monoisotopic (exact) mass is 289 g/mol. The van der Waals surface area contributed by atoms with Gasteiger partial charge in [-0.25, -0.2) is 4.98 Å². The Morgan fingerprint density at radius 1 is 1.44 bits per heavy atom. The highest BCUT2D eigenvalue weighted by Gasteiger charge is 2.19. The third kappa shape index (κ3) is 3.34. The molecule has 2 heterocycles. The molecule has 1 aliphatic heterocycles. The Labute approximate surface area is 118 Å². The number of aromatic nitrogens is 1. The predicted octanol–water partition coefficient (Wildman–Crippen LogP) is 1.98. The molecule has 1 amide bonds. The van der Waals surface area contributed by atoms with Gasteiger partial charge in [0.05, 0.1) is 0 Å². The molecule has 6 heteroatoms. The second-order valence-electron chi connectivity index (χ2n) is 4.18. The molecule has 1 fully saturated rings. The normalized spacial score (nSPS) is 15.9. The van der Waals surface area contributed by atoms with Gasteiger partial charge in [-0.3, -0.25) is 4.79 Å². The van der Waals surface area contributed by atoms with Crippen LogP contribution >= 0.6 is 24.0 Å². The predicted molar refractivity (Wildman–Crippen MR) is 74.7 cm³/mol. The summed E-state index contributed by atoms with van der Waals surface area (Å²) in [6.45, 7) is 2.02. The average Bonchev–Trinajstić information content (AvgIpc) is 2.38. The molecule has 1 aromatic rings. The van der Waals surface area contributed by atoms with Crippen molar-refractivity contribution in [2.24, 2.45) is 0 Å². The van der Waals surface area contributed by atoms with Gasteiger partial charge >= 0.3 is 0 Å². The first kappa shape index (κ1) is 15.2. The zero-order chi connectivity index (χ0) is 12.3. The first-order chi connectivity index (χ1) is 8.22. The van der Waals surface area contributed by atoms with Crippen molar-refractivity contribution in [2.75, 3.05) is 20.1 Å². The van der Waals surface area contributed by atoms with Crippen LogP contribution in [0.25, 0.3) is 0 Å². The van der Waals surface area contributed by atoms with Gasteiger partial charge in [0.25, 0.3) is 5.91 Å². The SMILES string of the molecule is CNC(=O)c1ccc(C2CCNCC2)c(Cl)n1.Cl. The molecule has 1 saturated heterocycles. The topological polar surface area (TPSA) is 54.0 Å². The zero-order valence-electron chi connectivity index (χ0n) is 10.2. The van der Waals surface area contributed by atoms with Gasteiger partial charge in [-0.1, -0.05) is 17.7 Å². The van der Waals surface area contributed by atoms with Crippen LogP contribution in [0.5, 0.6) is 0 Å². The molecule has 0 unspecified atom stereocenters. The first-order valence-electron chi connectivity index (χ1n) is 5.81. The number of carbonyl (C=O) groups excluding carboxylic acids is 1. The summed E-state index contributed by atoms with van der Waals surface area (Å²) >= 11 is 6.15. The molecule has 0 atom stereocenters. The molecule has 1 aromatic heterocycles. The van der Waals surface area contributed by atoms with Crippen LogP contribution in [0.1, 0.15) is 34.8 Å². The van der Waals surface area contributed by atoms with Crippen LogP contribution in [0, 0.1) is 0 Å². The van der Waals surface area contributed by atoms with Crippen molar-refractivity contribution in [3.63, 3.8) is 0 Å². The quantitative estimate of drug-likeness (QED) is 0.819. The van der Waals surface area contributed by atoms with Crippen molar-refractivity contribution < 1.29 is 4.79 Å². The van der Waals surface area contributed by atoms with E-state index < -0.39 is 0 Å². The molecule has 100 valence electrons. The van der Waals surface area contributed by atoms with E-state index in [0.29, 0.717) is 16.8 Å². The number of hydrogen-bond acceptors (Lipinski definition) is 3.